The molecule has 4 nitrogen and oxygen atoms in total. The minimum Gasteiger partial charge on any atom is -0.331 e. The number of carbonyl (C=O) groups is 2. The highest BCUT2D eigenvalue weighted by Crippen LogP contribution is 2.27. The lowest BCUT2D eigenvalue weighted by Gasteiger charge is -2.42. The smallest absolute Gasteiger partial charge is 0.223 e. The van der Waals surface area contributed by atoms with Crippen molar-refractivity contribution in [1.29, 1.82) is 0 Å². The largest absolute Gasteiger partial charge is 0.331 e. The van der Waals surface area contributed by atoms with Gasteiger partial charge in [-0.3, -0.25) is 9.59 Å². The molecule has 2 fully saturated rings. The molecule has 2 saturated heterocycles. The maximum atomic E-state index is 12.5. The van der Waals surface area contributed by atoms with Crippen LogP contribution in [0.5, 0.6) is 0 Å². The zero-order chi connectivity index (χ0) is 14.0. The number of piperidine rings is 2. The Kier molecular flexibility index (Phi) is 4.29. The van der Waals surface area contributed by atoms with Gasteiger partial charge < -0.3 is 9.80 Å². The van der Waals surface area contributed by atoms with Gasteiger partial charge in [0.05, 0.1) is 5.54 Å². The summed E-state index contributed by atoms with van der Waals surface area (Å²) in [5.41, 5.74) is -0.596. The first-order valence-corrected chi connectivity index (χ1v) is 7.43. The number of Topliss-reactive ketones (excluding diaryl/α,β-unsaturated/α-hetero) is 1. The molecule has 108 valence electrons. The van der Waals surface area contributed by atoms with Crippen LogP contribution < -0.4 is 0 Å². The topological polar surface area (TPSA) is 40.6 Å². The predicted molar refractivity (Wildman–Crippen MR) is 74.9 cm³/mol. The molecule has 0 aromatic heterocycles. The minimum atomic E-state index is -0.596. The van der Waals surface area contributed by atoms with Crippen molar-refractivity contribution in [2.45, 2.75) is 51.5 Å². The van der Waals surface area contributed by atoms with Gasteiger partial charge in [-0.2, -0.15) is 0 Å². The van der Waals surface area contributed by atoms with E-state index in [0.717, 1.165) is 38.9 Å². The van der Waals surface area contributed by atoms with Crippen LogP contribution in [0, 0.1) is 5.92 Å². The molecule has 0 bridgehead atoms. The van der Waals surface area contributed by atoms with Gasteiger partial charge in [0.25, 0.3) is 0 Å². The zero-order valence-corrected chi connectivity index (χ0v) is 12.4. The summed E-state index contributed by atoms with van der Waals surface area (Å²) in [4.78, 5) is 28.6. The Hall–Kier alpha value is -0.900. The van der Waals surface area contributed by atoms with Crippen molar-refractivity contribution in [2.75, 3.05) is 26.7 Å². The molecule has 2 aliphatic rings. The molecule has 0 unspecified atom stereocenters. The number of ketones is 1. The molecular weight excluding hydrogens is 240 g/mol. The molecule has 0 spiro atoms. The highest BCUT2D eigenvalue weighted by Gasteiger charge is 2.40. The van der Waals surface area contributed by atoms with Crippen LogP contribution in [0.1, 0.15) is 46.0 Å². The highest BCUT2D eigenvalue weighted by molar-refractivity contribution is 5.93. The summed E-state index contributed by atoms with van der Waals surface area (Å²) in [6, 6.07) is 0. The van der Waals surface area contributed by atoms with Gasteiger partial charge in [0.2, 0.25) is 5.91 Å². The Bertz CT molecular complexity index is 357. The molecule has 0 aliphatic carbocycles. The molecular formula is C15H26N2O2. The molecule has 2 heterocycles. The van der Waals surface area contributed by atoms with Crippen LogP contribution in [0.15, 0.2) is 0 Å². The summed E-state index contributed by atoms with van der Waals surface area (Å²) in [6.07, 6.45) is 4.26. The second-order valence-corrected chi connectivity index (χ2v) is 6.58. The van der Waals surface area contributed by atoms with Crippen LogP contribution in [0.3, 0.4) is 0 Å². The number of rotatable bonds is 2. The van der Waals surface area contributed by atoms with Gasteiger partial charge in [0.1, 0.15) is 0 Å². The Balaban J connectivity index is 1.94. The van der Waals surface area contributed by atoms with Crippen molar-refractivity contribution >= 4 is 11.7 Å². The maximum absolute atomic E-state index is 12.5. The van der Waals surface area contributed by atoms with E-state index >= 15 is 0 Å². The fourth-order valence-corrected chi connectivity index (χ4v) is 3.19. The van der Waals surface area contributed by atoms with E-state index in [1.54, 1.807) is 0 Å². The first-order chi connectivity index (χ1) is 8.91. The van der Waals surface area contributed by atoms with Gasteiger partial charge >= 0.3 is 0 Å². The van der Waals surface area contributed by atoms with E-state index in [0.29, 0.717) is 18.8 Å². The van der Waals surface area contributed by atoms with Crippen LogP contribution in [0.25, 0.3) is 0 Å². The molecule has 2 aliphatic heterocycles. The van der Waals surface area contributed by atoms with E-state index < -0.39 is 5.54 Å². The molecule has 2 rings (SSSR count). The second kappa shape index (κ2) is 5.61. The summed E-state index contributed by atoms with van der Waals surface area (Å²) in [7, 11) is 2.13. The van der Waals surface area contributed by atoms with Crippen LogP contribution in [0.2, 0.25) is 0 Å². The van der Waals surface area contributed by atoms with Crippen molar-refractivity contribution < 1.29 is 9.59 Å². The monoisotopic (exact) mass is 266 g/mol. The molecule has 0 aromatic carbocycles. The molecule has 0 saturated carbocycles. The van der Waals surface area contributed by atoms with Gasteiger partial charge in [0, 0.05) is 19.4 Å². The van der Waals surface area contributed by atoms with E-state index in [1.807, 2.05) is 18.7 Å². The summed E-state index contributed by atoms with van der Waals surface area (Å²) >= 11 is 0. The number of likely N-dealkylation sites (tertiary alicyclic amines) is 2. The fraction of sp³-hybridized carbons (Fsp3) is 0.867. The third-order valence-electron chi connectivity index (χ3n) is 4.75. The first-order valence-electron chi connectivity index (χ1n) is 7.43. The lowest BCUT2D eigenvalue weighted by atomic mass is 9.87. The number of carbonyl (C=O) groups excluding carboxylic acids is 2. The van der Waals surface area contributed by atoms with Gasteiger partial charge in [0.15, 0.2) is 5.78 Å². The standard InChI is InChI=1S/C15H26N2O2/c1-15(2)13(18)5-4-8-17(15)14(19)11-12-6-9-16(3)10-7-12/h12H,4-11H2,1-3H3. The molecule has 19 heavy (non-hydrogen) atoms. The van der Waals surface area contributed by atoms with Crippen LogP contribution in [-0.4, -0.2) is 53.7 Å². The molecule has 0 atom stereocenters. The van der Waals surface area contributed by atoms with Crippen molar-refractivity contribution in [3.8, 4) is 0 Å². The molecule has 0 N–H and O–H groups in total. The highest BCUT2D eigenvalue weighted by atomic mass is 16.2. The lowest BCUT2D eigenvalue weighted by molar-refractivity contribution is -0.149. The molecule has 0 aromatic rings. The Labute approximate surface area is 116 Å². The number of hydrogen-bond acceptors (Lipinski definition) is 3. The maximum Gasteiger partial charge on any atom is 0.223 e. The van der Waals surface area contributed by atoms with Gasteiger partial charge in [-0.15, -0.1) is 0 Å². The predicted octanol–water partition coefficient (Wildman–Crippen LogP) is 1.69. The van der Waals surface area contributed by atoms with Crippen molar-refractivity contribution in [3.63, 3.8) is 0 Å². The van der Waals surface area contributed by atoms with Crippen LogP contribution >= 0.6 is 0 Å². The van der Waals surface area contributed by atoms with E-state index in [-0.39, 0.29) is 11.7 Å². The number of hydrogen-bond donors (Lipinski definition) is 0. The van der Waals surface area contributed by atoms with E-state index in [9.17, 15) is 9.59 Å². The van der Waals surface area contributed by atoms with E-state index in [2.05, 4.69) is 11.9 Å². The molecule has 4 heteroatoms. The average molecular weight is 266 g/mol. The van der Waals surface area contributed by atoms with E-state index in [4.69, 9.17) is 0 Å². The summed E-state index contributed by atoms with van der Waals surface area (Å²) in [6.45, 7) is 6.69. The third kappa shape index (κ3) is 3.16. The molecule has 0 radical (unpaired) electrons. The Morgan fingerprint density at radius 3 is 2.53 bits per heavy atom. The van der Waals surface area contributed by atoms with Crippen molar-refractivity contribution in [3.05, 3.63) is 0 Å². The lowest BCUT2D eigenvalue weighted by Crippen LogP contribution is -2.56. The third-order valence-corrected chi connectivity index (χ3v) is 4.75. The number of nitrogens with zero attached hydrogens (tertiary/aromatic N) is 2. The van der Waals surface area contributed by atoms with Crippen molar-refractivity contribution in [2.24, 2.45) is 5.92 Å². The Morgan fingerprint density at radius 2 is 1.89 bits per heavy atom. The zero-order valence-electron chi connectivity index (χ0n) is 12.4. The van der Waals surface area contributed by atoms with Crippen LogP contribution in [0.4, 0.5) is 0 Å². The summed E-state index contributed by atoms with van der Waals surface area (Å²) in [5.74, 6) is 0.875. The van der Waals surface area contributed by atoms with Gasteiger partial charge in [-0.1, -0.05) is 0 Å². The number of amides is 1. The molecule has 1 amide bonds. The quantitative estimate of drug-likeness (QED) is 0.763. The summed E-state index contributed by atoms with van der Waals surface area (Å²) in [5, 5.41) is 0. The summed E-state index contributed by atoms with van der Waals surface area (Å²) < 4.78 is 0. The van der Waals surface area contributed by atoms with Gasteiger partial charge in [-0.05, 0) is 59.2 Å². The fourth-order valence-electron chi connectivity index (χ4n) is 3.19. The second-order valence-electron chi connectivity index (χ2n) is 6.58. The Morgan fingerprint density at radius 1 is 1.26 bits per heavy atom. The van der Waals surface area contributed by atoms with E-state index in [1.165, 1.54) is 0 Å². The van der Waals surface area contributed by atoms with Crippen molar-refractivity contribution in [1.82, 2.24) is 9.80 Å². The SMILES string of the molecule is CN1CCC(CC(=O)N2CCCC(=O)C2(C)C)CC1. The average Bonchev–Trinajstić information content (AvgIpc) is 2.35. The minimum absolute atomic E-state index is 0.174. The first kappa shape index (κ1) is 14.5. The van der Waals surface area contributed by atoms with Gasteiger partial charge in [-0.25, -0.2) is 0 Å². The normalized spacial score (nSPS) is 25.6. The van der Waals surface area contributed by atoms with Crippen LogP contribution in [-0.2, 0) is 9.59 Å².